The maximum atomic E-state index is 12.7. The van der Waals surface area contributed by atoms with Crippen molar-refractivity contribution in [3.63, 3.8) is 0 Å². The lowest BCUT2D eigenvalue weighted by Crippen LogP contribution is -2.37. The quantitative estimate of drug-likeness (QED) is 0.0160. The van der Waals surface area contributed by atoms with Gasteiger partial charge >= 0.3 is 11.9 Å². The molecule has 0 saturated carbocycles. The van der Waals surface area contributed by atoms with Gasteiger partial charge in [-0.15, -0.1) is 0 Å². The number of likely N-dealkylation sites (N-methyl/N-ethyl adjacent to an activating group) is 1. The lowest BCUT2D eigenvalue weighted by atomic mass is 10.0. The van der Waals surface area contributed by atoms with Crippen molar-refractivity contribution in [3.8, 4) is 0 Å². The third-order valence-electron chi connectivity index (χ3n) is 9.43. The van der Waals surface area contributed by atoms with Crippen LogP contribution in [0.15, 0.2) is 48.6 Å². The molecule has 57 heavy (non-hydrogen) atoms. The highest BCUT2D eigenvalue weighted by Crippen LogP contribution is 2.38. The second-order valence-corrected chi connectivity index (χ2v) is 17.7. The van der Waals surface area contributed by atoms with E-state index in [4.69, 9.17) is 18.5 Å². The molecule has 11 heteroatoms. The van der Waals surface area contributed by atoms with Gasteiger partial charge in [-0.2, -0.15) is 0 Å². The molecule has 1 N–H and O–H groups in total. The van der Waals surface area contributed by atoms with E-state index in [0.29, 0.717) is 36.7 Å². The molecule has 2 unspecified atom stereocenters. The van der Waals surface area contributed by atoms with E-state index in [2.05, 4.69) is 32.1 Å². The Morgan fingerprint density at radius 1 is 0.649 bits per heavy atom. The van der Waals surface area contributed by atoms with Gasteiger partial charge < -0.3 is 33.0 Å². The SMILES string of the molecule is CCCCC/C=C\C/C=C\CC(O)/C=C\C=C\CCCC(=O)OC[C@H](COP(=O)([O-])OCC[N+](C)(C)C)OC(=O)CCCCCCCCCCCCCCCCC. The van der Waals surface area contributed by atoms with Gasteiger partial charge in [0.1, 0.15) is 19.8 Å². The Hall–Kier alpha value is -2.07. The molecule has 332 valence electrons. The van der Waals surface area contributed by atoms with Gasteiger partial charge in [-0.3, -0.25) is 14.2 Å². The Balaban J connectivity index is 4.52. The van der Waals surface area contributed by atoms with Gasteiger partial charge in [0.15, 0.2) is 6.10 Å². The van der Waals surface area contributed by atoms with Gasteiger partial charge in [0.05, 0.1) is 33.9 Å². The second kappa shape index (κ2) is 38.2. The number of hydrogen-bond acceptors (Lipinski definition) is 9. The number of phosphoric acid groups is 1. The zero-order chi connectivity index (χ0) is 42.3. The van der Waals surface area contributed by atoms with Gasteiger partial charge in [-0.05, 0) is 44.9 Å². The van der Waals surface area contributed by atoms with Crippen LogP contribution in [0.3, 0.4) is 0 Å². The van der Waals surface area contributed by atoms with E-state index < -0.39 is 38.6 Å². The number of esters is 2. The number of nitrogens with zero attached hydrogens (tertiary/aromatic N) is 1. The Bertz CT molecular complexity index is 1130. The van der Waals surface area contributed by atoms with Crippen LogP contribution >= 0.6 is 7.82 Å². The molecule has 0 saturated heterocycles. The fourth-order valence-electron chi connectivity index (χ4n) is 5.84. The molecule has 0 aliphatic carbocycles. The molecule has 0 fully saturated rings. The zero-order valence-electron chi connectivity index (χ0n) is 36.9. The highest BCUT2D eigenvalue weighted by atomic mass is 31.2. The van der Waals surface area contributed by atoms with E-state index in [-0.39, 0.29) is 26.1 Å². The highest BCUT2D eigenvalue weighted by molar-refractivity contribution is 7.45. The number of allylic oxidation sites excluding steroid dienone is 6. The van der Waals surface area contributed by atoms with E-state index in [1.54, 1.807) is 12.2 Å². The molecule has 0 amide bonds. The topological polar surface area (TPSA) is 131 Å². The van der Waals surface area contributed by atoms with Gasteiger partial charge in [0.25, 0.3) is 7.82 Å². The van der Waals surface area contributed by atoms with Crippen LogP contribution in [-0.4, -0.2) is 81.2 Å². The maximum Gasteiger partial charge on any atom is 0.306 e. The van der Waals surface area contributed by atoms with Crippen molar-refractivity contribution in [1.82, 2.24) is 0 Å². The van der Waals surface area contributed by atoms with Crippen molar-refractivity contribution in [2.45, 2.75) is 187 Å². The van der Waals surface area contributed by atoms with Crippen molar-refractivity contribution in [3.05, 3.63) is 48.6 Å². The van der Waals surface area contributed by atoms with E-state index >= 15 is 0 Å². The average molecular weight is 826 g/mol. The number of hydrogen-bond donors (Lipinski definition) is 1. The number of carbonyl (C=O) groups excluding carboxylic acids is 2. The summed E-state index contributed by atoms with van der Waals surface area (Å²) in [7, 11) is 1.09. The number of phosphoric ester groups is 1. The van der Waals surface area contributed by atoms with Gasteiger partial charge in [0.2, 0.25) is 0 Å². The summed E-state index contributed by atoms with van der Waals surface area (Å²) in [5.41, 5.74) is 0. The number of aliphatic hydroxyl groups excluding tert-OH is 1. The fourth-order valence-corrected chi connectivity index (χ4v) is 6.57. The molecule has 0 aromatic rings. The lowest BCUT2D eigenvalue weighted by molar-refractivity contribution is -0.870. The molecule has 0 radical (unpaired) electrons. The molecule has 0 spiro atoms. The number of aliphatic hydroxyl groups is 1. The average Bonchev–Trinajstić information content (AvgIpc) is 3.15. The summed E-state index contributed by atoms with van der Waals surface area (Å²) in [6, 6.07) is 0. The summed E-state index contributed by atoms with van der Waals surface area (Å²) in [5, 5.41) is 10.1. The Labute approximate surface area is 348 Å². The Morgan fingerprint density at radius 3 is 1.81 bits per heavy atom. The molecule has 0 rings (SSSR count). The normalized spacial score (nSPS) is 14.6. The molecule has 3 atom stereocenters. The molecular formula is C46H84NO9P. The van der Waals surface area contributed by atoms with Crippen molar-refractivity contribution in [2.24, 2.45) is 0 Å². The van der Waals surface area contributed by atoms with E-state index in [0.717, 1.165) is 32.1 Å². The van der Waals surface area contributed by atoms with E-state index in [9.17, 15) is 24.2 Å². The minimum atomic E-state index is -4.66. The number of quaternary nitrogens is 1. The largest absolute Gasteiger partial charge is 0.756 e. The van der Waals surface area contributed by atoms with Crippen molar-refractivity contribution in [2.75, 3.05) is 47.5 Å². The van der Waals surface area contributed by atoms with Crippen LogP contribution in [0.2, 0.25) is 0 Å². The molecule has 10 nitrogen and oxygen atoms in total. The van der Waals surface area contributed by atoms with Crippen LogP contribution in [0.5, 0.6) is 0 Å². The van der Waals surface area contributed by atoms with Crippen molar-refractivity contribution < 1.29 is 47.2 Å². The summed E-state index contributed by atoms with van der Waals surface area (Å²) < 4.78 is 33.8. The monoisotopic (exact) mass is 826 g/mol. The van der Waals surface area contributed by atoms with Gasteiger partial charge in [-0.1, -0.05) is 165 Å². The predicted molar refractivity (Wildman–Crippen MR) is 233 cm³/mol. The number of rotatable bonds is 40. The minimum Gasteiger partial charge on any atom is -0.756 e. The predicted octanol–water partition coefficient (Wildman–Crippen LogP) is 11.0. The molecule has 0 aromatic heterocycles. The number of carbonyl (C=O) groups is 2. The summed E-state index contributed by atoms with van der Waals surface area (Å²) >= 11 is 0. The van der Waals surface area contributed by atoms with E-state index in [1.165, 1.54) is 89.9 Å². The molecule has 0 heterocycles. The zero-order valence-corrected chi connectivity index (χ0v) is 37.8. The molecule has 0 aromatic carbocycles. The standard InChI is InChI=1S/C46H84NO9P/c1-6-8-10-12-14-16-17-18-19-20-21-23-25-29-34-38-46(50)56-44(42-55-57(51,52)54-40-39-47(3,4)5)41-53-45(49)37-33-30-26-28-32-36-43(48)35-31-27-24-22-15-13-11-9-7-2/h15,22,26-28,31-32,36,43-44,48H,6-14,16-21,23-25,29-30,33-35,37-42H2,1-5H3/b22-15-,28-26+,31-27-,36-32-/t43?,44-/m1/s1. The van der Waals surface area contributed by atoms with Crippen LogP contribution in [0.1, 0.15) is 174 Å². The second-order valence-electron chi connectivity index (χ2n) is 16.3. The maximum absolute atomic E-state index is 12.7. The fraction of sp³-hybridized carbons (Fsp3) is 0.783. The Morgan fingerprint density at radius 2 is 1.19 bits per heavy atom. The third-order valence-corrected chi connectivity index (χ3v) is 10.4. The van der Waals surface area contributed by atoms with Crippen LogP contribution in [-0.2, 0) is 32.7 Å². The molecule has 0 bridgehead atoms. The summed E-state index contributed by atoms with van der Waals surface area (Å²) in [6.45, 7) is 4.03. The van der Waals surface area contributed by atoms with Crippen LogP contribution in [0, 0.1) is 0 Å². The minimum absolute atomic E-state index is 0.0531. The summed E-state index contributed by atoms with van der Waals surface area (Å²) in [4.78, 5) is 37.5. The highest BCUT2D eigenvalue weighted by Gasteiger charge is 2.21. The van der Waals surface area contributed by atoms with Crippen molar-refractivity contribution in [1.29, 1.82) is 0 Å². The summed E-state index contributed by atoms with van der Waals surface area (Å²) in [6.07, 6.45) is 40.2. The smallest absolute Gasteiger partial charge is 0.306 e. The van der Waals surface area contributed by atoms with Crippen molar-refractivity contribution >= 4 is 19.8 Å². The first-order valence-electron chi connectivity index (χ1n) is 22.5. The van der Waals surface area contributed by atoms with E-state index in [1.807, 2.05) is 39.4 Å². The first-order chi connectivity index (χ1) is 27.4. The summed E-state index contributed by atoms with van der Waals surface area (Å²) in [5.74, 6) is -0.962. The molecule has 0 aliphatic heterocycles. The first-order valence-corrected chi connectivity index (χ1v) is 23.9. The molecular weight excluding hydrogens is 741 g/mol. The van der Waals surface area contributed by atoms with Gasteiger partial charge in [0, 0.05) is 12.8 Å². The number of unbranched alkanes of at least 4 members (excludes halogenated alkanes) is 18. The number of ether oxygens (including phenoxy) is 2. The van der Waals surface area contributed by atoms with Crippen LogP contribution in [0.25, 0.3) is 0 Å². The van der Waals surface area contributed by atoms with Crippen LogP contribution < -0.4 is 4.89 Å². The lowest BCUT2D eigenvalue weighted by Gasteiger charge is -2.28. The van der Waals surface area contributed by atoms with Crippen LogP contribution in [0.4, 0.5) is 0 Å². The Kier molecular flexibility index (Phi) is 36.8. The first kappa shape index (κ1) is 54.9. The third kappa shape index (κ3) is 41.9. The molecule has 0 aliphatic rings. The van der Waals surface area contributed by atoms with Gasteiger partial charge in [-0.25, -0.2) is 0 Å².